The van der Waals surface area contributed by atoms with Crippen molar-refractivity contribution in [3.05, 3.63) is 29.6 Å². The average molecular weight is 217 g/mol. The van der Waals surface area contributed by atoms with Gasteiger partial charge in [0, 0.05) is 18.3 Å². The Hall–Kier alpha value is -1.39. The van der Waals surface area contributed by atoms with E-state index in [9.17, 15) is 18.0 Å². The highest BCUT2D eigenvalue weighted by Gasteiger charge is 2.33. The Labute approximate surface area is 85.1 Å². The molecule has 0 aliphatic carbocycles. The highest BCUT2D eigenvalue weighted by atomic mass is 19.4. The summed E-state index contributed by atoms with van der Waals surface area (Å²) in [6.07, 6.45) is -1.44. The Bertz CT molecular complexity index is 349. The number of rotatable bonds is 3. The van der Waals surface area contributed by atoms with Gasteiger partial charge in [0.05, 0.1) is 5.56 Å². The van der Waals surface area contributed by atoms with E-state index >= 15 is 0 Å². The fourth-order valence-electron chi connectivity index (χ4n) is 1.26. The average Bonchev–Trinajstić information content (AvgIpc) is 2.17. The number of aldehydes is 1. The molecule has 5 heteroatoms. The minimum Gasteiger partial charge on any atom is -0.303 e. The normalized spacial score (nSPS) is 13.6. The molecule has 1 aromatic heterocycles. The van der Waals surface area contributed by atoms with Crippen molar-refractivity contribution in [2.45, 2.75) is 19.5 Å². The van der Waals surface area contributed by atoms with Gasteiger partial charge in [-0.15, -0.1) is 0 Å². The molecular formula is C10H10F3NO. The maximum absolute atomic E-state index is 12.5. The number of hydrogen-bond donors (Lipinski definition) is 0. The number of carbonyl (C=O) groups excluding carboxylic acids is 1. The Morgan fingerprint density at radius 1 is 1.53 bits per heavy atom. The lowest BCUT2D eigenvalue weighted by Gasteiger charge is -2.12. The van der Waals surface area contributed by atoms with Gasteiger partial charge in [-0.3, -0.25) is 4.98 Å². The van der Waals surface area contributed by atoms with Gasteiger partial charge in [-0.05, 0) is 18.1 Å². The summed E-state index contributed by atoms with van der Waals surface area (Å²) in [5.41, 5.74) is -0.657. The minimum absolute atomic E-state index is 0.0598. The van der Waals surface area contributed by atoms with Gasteiger partial charge < -0.3 is 4.79 Å². The Morgan fingerprint density at radius 2 is 2.20 bits per heavy atom. The molecule has 15 heavy (non-hydrogen) atoms. The van der Waals surface area contributed by atoms with Gasteiger partial charge in [0.15, 0.2) is 0 Å². The van der Waals surface area contributed by atoms with Crippen molar-refractivity contribution in [2.75, 3.05) is 0 Å². The smallest absolute Gasteiger partial charge is 0.303 e. The maximum Gasteiger partial charge on any atom is 0.416 e. The fourth-order valence-corrected chi connectivity index (χ4v) is 1.26. The summed E-state index contributed by atoms with van der Waals surface area (Å²) in [5.74, 6) is -0.435. The highest BCUT2D eigenvalue weighted by Crippen LogP contribution is 2.32. The van der Waals surface area contributed by atoms with Crippen molar-refractivity contribution < 1.29 is 18.0 Å². The summed E-state index contributed by atoms with van der Waals surface area (Å²) in [4.78, 5) is 14.0. The predicted octanol–water partition coefficient (Wildman–Crippen LogP) is 2.48. The molecule has 0 spiro atoms. The first-order chi connectivity index (χ1) is 6.95. The van der Waals surface area contributed by atoms with E-state index in [1.165, 1.54) is 0 Å². The van der Waals surface area contributed by atoms with E-state index in [-0.39, 0.29) is 12.0 Å². The molecule has 0 bridgehead atoms. The number of nitrogens with zero attached hydrogens (tertiary/aromatic N) is 1. The molecule has 1 atom stereocenters. The second-order valence-electron chi connectivity index (χ2n) is 3.35. The van der Waals surface area contributed by atoms with Gasteiger partial charge in [0.25, 0.3) is 0 Å². The van der Waals surface area contributed by atoms with Gasteiger partial charge >= 0.3 is 6.18 Å². The summed E-state index contributed by atoms with van der Waals surface area (Å²) in [7, 11) is 0. The molecule has 0 fully saturated rings. The van der Waals surface area contributed by atoms with Crippen LogP contribution in [0.5, 0.6) is 0 Å². The number of alkyl halides is 3. The predicted molar refractivity (Wildman–Crippen MR) is 48.2 cm³/mol. The van der Waals surface area contributed by atoms with Crippen LogP contribution in [0.2, 0.25) is 0 Å². The van der Waals surface area contributed by atoms with Crippen LogP contribution in [-0.2, 0) is 17.4 Å². The number of carbonyl (C=O) groups is 1. The third-order valence-corrected chi connectivity index (χ3v) is 1.98. The van der Waals surface area contributed by atoms with E-state index in [4.69, 9.17) is 0 Å². The first-order valence-electron chi connectivity index (χ1n) is 4.40. The summed E-state index contributed by atoms with van der Waals surface area (Å²) < 4.78 is 37.5. The van der Waals surface area contributed by atoms with Gasteiger partial charge in [0.1, 0.15) is 6.29 Å². The fraction of sp³-hybridized carbons (Fsp3) is 0.400. The van der Waals surface area contributed by atoms with Crippen LogP contribution < -0.4 is 0 Å². The zero-order valence-corrected chi connectivity index (χ0v) is 8.08. The third kappa shape index (κ3) is 3.04. The van der Waals surface area contributed by atoms with Crippen molar-refractivity contribution in [3.8, 4) is 0 Å². The molecule has 1 heterocycles. The molecule has 1 aromatic rings. The third-order valence-electron chi connectivity index (χ3n) is 1.98. The van der Waals surface area contributed by atoms with Crippen LogP contribution in [0.15, 0.2) is 18.5 Å². The monoisotopic (exact) mass is 217 g/mol. The lowest BCUT2D eigenvalue weighted by atomic mass is 9.99. The summed E-state index contributed by atoms with van der Waals surface area (Å²) in [5, 5.41) is 0. The Morgan fingerprint density at radius 3 is 2.73 bits per heavy atom. The van der Waals surface area contributed by atoms with Crippen LogP contribution in [0, 0.1) is 5.92 Å². The number of aromatic nitrogens is 1. The molecule has 0 aliphatic rings. The van der Waals surface area contributed by atoms with E-state index in [1.54, 1.807) is 6.92 Å². The second kappa shape index (κ2) is 4.42. The van der Waals surface area contributed by atoms with Gasteiger partial charge in [-0.25, -0.2) is 0 Å². The van der Waals surface area contributed by atoms with Crippen molar-refractivity contribution in [1.29, 1.82) is 0 Å². The largest absolute Gasteiger partial charge is 0.416 e. The standard InChI is InChI=1S/C10H10F3NO/c1-7(6-15)4-8-5-14-3-2-9(8)10(11,12)13/h2-3,5-7H,4H2,1H3. The van der Waals surface area contributed by atoms with E-state index in [1.807, 2.05) is 0 Å². The SMILES string of the molecule is CC(C=O)Cc1cnccc1C(F)(F)F. The van der Waals surface area contributed by atoms with E-state index in [2.05, 4.69) is 4.98 Å². The first-order valence-corrected chi connectivity index (χ1v) is 4.40. The van der Waals surface area contributed by atoms with Crippen LogP contribution in [0.25, 0.3) is 0 Å². The lowest BCUT2D eigenvalue weighted by molar-refractivity contribution is -0.138. The van der Waals surface area contributed by atoms with E-state index in [0.717, 1.165) is 18.5 Å². The first kappa shape index (κ1) is 11.7. The highest BCUT2D eigenvalue weighted by molar-refractivity contribution is 5.53. The van der Waals surface area contributed by atoms with Crippen molar-refractivity contribution in [1.82, 2.24) is 4.98 Å². The molecule has 0 amide bonds. The maximum atomic E-state index is 12.5. The number of pyridine rings is 1. The molecule has 0 saturated heterocycles. The van der Waals surface area contributed by atoms with Crippen LogP contribution in [0.4, 0.5) is 13.2 Å². The summed E-state index contributed by atoms with van der Waals surface area (Å²) in [6, 6.07) is 0.923. The molecule has 0 N–H and O–H groups in total. The molecule has 1 unspecified atom stereocenters. The molecular weight excluding hydrogens is 207 g/mol. The second-order valence-corrected chi connectivity index (χ2v) is 3.35. The Balaban J connectivity index is 3.02. The molecule has 0 aliphatic heterocycles. The van der Waals surface area contributed by atoms with E-state index < -0.39 is 17.7 Å². The number of halogens is 3. The molecule has 0 aromatic carbocycles. The summed E-state index contributed by atoms with van der Waals surface area (Å²) >= 11 is 0. The van der Waals surface area contributed by atoms with Gasteiger partial charge in [-0.2, -0.15) is 13.2 Å². The Kier molecular flexibility index (Phi) is 3.44. The van der Waals surface area contributed by atoms with Crippen LogP contribution in [0.3, 0.4) is 0 Å². The van der Waals surface area contributed by atoms with Crippen LogP contribution in [-0.4, -0.2) is 11.3 Å². The molecule has 82 valence electrons. The topological polar surface area (TPSA) is 30.0 Å². The number of hydrogen-bond acceptors (Lipinski definition) is 2. The molecule has 2 nitrogen and oxygen atoms in total. The van der Waals surface area contributed by atoms with Gasteiger partial charge in [-0.1, -0.05) is 6.92 Å². The zero-order valence-electron chi connectivity index (χ0n) is 8.08. The molecule has 0 saturated carbocycles. The van der Waals surface area contributed by atoms with Crippen molar-refractivity contribution >= 4 is 6.29 Å². The van der Waals surface area contributed by atoms with Crippen LogP contribution >= 0.6 is 0 Å². The molecule has 1 rings (SSSR count). The van der Waals surface area contributed by atoms with Crippen molar-refractivity contribution in [3.63, 3.8) is 0 Å². The summed E-state index contributed by atoms with van der Waals surface area (Å²) in [6.45, 7) is 1.57. The van der Waals surface area contributed by atoms with Gasteiger partial charge in [0.2, 0.25) is 0 Å². The zero-order chi connectivity index (χ0) is 11.5. The quantitative estimate of drug-likeness (QED) is 0.728. The minimum atomic E-state index is -4.39. The van der Waals surface area contributed by atoms with Crippen LogP contribution in [0.1, 0.15) is 18.1 Å². The van der Waals surface area contributed by atoms with Crippen molar-refractivity contribution in [2.24, 2.45) is 5.92 Å². The molecule has 0 radical (unpaired) electrons. The van der Waals surface area contributed by atoms with E-state index in [0.29, 0.717) is 6.29 Å². The lowest BCUT2D eigenvalue weighted by Crippen LogP contribution is -2.12.